The summed E-state index contributed by atoms with van der Waals surface area (Å²) in [6.07, 6.45) is 0.756. The second kappa shape index (κ2) is 11.8. The molecule has 0 aliphatic carbocycles. The minimum Gasteiger partial charge on any atom is -0.495 e. The smallest absolute Gasteiger partial charge is 0.306 e. The number of carbonyl (C=O) groups is 3. The Labute approximate surface area is 180 Å². The monoisotopic (exact) mass is 433 g/mol. The summed E-state index contributed by atoms with van der Waals surface area (Å²) in [4.78, 5) is 36.1. The molecule has 2 aromatic rings. The molecule has 1 amide bonds. The van der Waals surface area contributed by atoms with Gasteiger partial charge in [0.15, 0.2) is 12.4 Å². The molecule has 160 valence electrons. The summed E-state index contributed by atoms with van der Waals surface area (Å²) in [5.41, 5.74) is 0.852. The van der Waals surface area contributed by atoms with Crippen molar-refractivity contribution >= 4 is 34.9 Å². The molecule has 0 radical (unpaired) electrons. The average Bonchev–Trinajstić information content (AvgIpc) is 2.75. The van der Waals surface area contributed by atoms with Crippen molar-refractivity contribution in [3.63, 3.8) is 0 Å². The number of amides is 1. The van der Waals surface area contributed by atoms with Gasteiger partial charge < -0.3 is 19.5 Å². The van der Waals surface area contributed by atoms with Crippen LogP contribution in [0.3, 0.4) is 0 Å². The molecule has 0 aliphatic rings. The lowest BCUT2D eigenvalue weighted by Gasteiger charge is -2.11. The summed E-state index contributed by atoms with van der Waals surface area (Å²) >= 11 is 5.91. The zero-order chi connectivity index (χ0) is 21.9. The Kier molecular flexibility index (Phi) is 9.15. The molecule has 0 saturated carbocycles. The predicted octanol–water partition coefficient (Wildman–Crippen LogP) is 4.28. The van der Waals surface area contributed by atoms with E-state index in [4.69, 9.17) is 25.8 Å². The number of halogens is 1. The lowest BCUT2D eigenvalue weighted by Crippen LogP contribution is -2.21. The third-order valence-corrected chi connectivity index (χ3v) is 4.24. The number of carbonyl (C=O) groups excluding carboxylic acids is 3. The summed E-state index contributed by atoms with van der Waals surface area (Å²) < 4.78 is 15.5. The largest absolute Gasteiger partial charge is 0.495 e. The van der Waals surface area contributed by atoms with Gasteiger partial charge in [-0.2, -0.15) is 0 Å². The van der Waals surface area contributed by atoms with Gasteiger partial charge in [0.1, 0.15) is 11.5 Å². The van der Waals surface area contributed by atoms with E-state index >= 15 is 0 Å². The topological polar surface area (TPSA) is 90.9 Å². The maximum Gasteiger partial charge on any atom is 0.306 e. The van der Waals surface area contributed by atoms with Crippen LogP contribution in [0.1, 0.15) is 36.5 Å². The molecule has 2 aromatic carbocycles. The van der Waals surface area contributed by atoms with Crippen LogP contribution in [0.15, 0.2) is 42.5 Å². The van der Waals surface area contributed by atoms with Crippen LogP contribution >= 0.6 is 11.6 Å². The van der Waals surface area contributed by atoms with Gasteiger partial charge in [-0.25, -0.2) is 0 Å². The highest BCUT2D eigenvalue weighted by Gasteiger charge is 2.13. The van der Waals surface area contributed by atoms with Crippen molar-refractivity contribution in [2.75, 3.05) is 25.6 Å². The molecule has 7 nitrogen and oxygen atoms in total. The molecule has 0 bridgehead atoms. The van der Waals surface area contributed by atoms with Crippen molar-refractivity contribution in [1.82, 2.24) is 0 Å². The molecule has 30 heavy (non-hydrogen) atoms. The molecular formula is C22H24ClNO6. The maximum atomic E-state index is 12.2. The fraction of sp³-hybridized carbons (Fsp3) is 0.318. The molecule has 0 aromatic heterocycles. The number of hydrogen-bond acceptors (Lipinski definition) is 6. The summed E-state index contributed by atoms with van der Waals surface area (Å²) in [5, 5.41) is 2.99. The van der Waals surface area contributed by atoms with Crippen molar-refractivity contribution in [3.05, 3.63) is 53.1 Å². The van der Waals surface area contributed by atoms with Gasteiger partial charge >= 0.3 is 5.97 Å². The first kappa shape index (κ1) is 23.2. The molecule has 0 spiro atoms. The zero-order valence-electron chi connectivity index (χ0n) is 16.9. The third kappa shape index (κ3) is 7.40. The van der Waals surface area contributed by atoms with Crippen LogP contribution in [-0.4, -0.2) is 38.0 Å². The van der Waals surface area contributed by atoms with Crippen LogP contribution in [0.2, 0.25) is 5.02 Å². The van der Waals surface area contributed by atoms with E-state index in [1.807, 2.05) is 6.92 Å². The Morgan fingerprint density at radius 1 is 1.03 bits per heavy atom. The Balaban J connectivity index is 1.76. The number of hydrogen-bond donors (Lipinski definition) is 1. The number of Topliss-reactive ketones (excluding diaryl/α,β-unsaturated/α-hetero) is 1. The fourth-order valence-electron chi connectivity index (χ4n) is 2.50. The van der Waals surface area contributed by atoms with Gasteiger partial charge in [0.2, 0.25) is 0 Å². The highest BCUT2D eigenvalue weighted by molar-refractivity contribution is 6.31. The van der Waals surface area contributed by atoms with E-state index < -0.39 is 18.5 Å². The number of benzene rings is 2. The van der Waals surface area contributed by atoms with Crippen LogP contribution in [0, 0.1) is 0 Å². The van der Waals surface area contributed by atoms with Gasteiger partial charge in [-0.15, -0.1) is 0 Å². The van der Waals surface area contributed by atoms with Crippen molar-refractivity contribution in [2.24, 2.45) is 0 Å². The molecule has 0 saturated heterocycles. The first-order valence-electron chi connectivity index (χ1n) is 9.48. The van der Waals surface area contributed by atoms with Gasteiger partial charge in [0.25, 0.3) is 5.91 Å². The molecule has 0 atom stereocenters. The first-order valence-corrected chi connectivity index (χ1v) is 9.85. The molecule has 0 heterocycles. The van der Waals surface area contributed by atoms with Gasteiger partial charge in [-0.1, -0.05) is 18.5 Å². The van der Waals surface area contributed by atoms with E-state index in [1.54, 1.807) is 36.4 Å². The number of esters is 1. The molecule has 0 fully saturated rings. The fourth-order valence-corrected chi connectivity index (χ4v) is 2.67. The minimum absolute atomic E-state index is 0.0161. The normalized spacial score (nSPS) is 10.2. The number of ether oxygens (including phenoxy) is 3. The van der Waals surface area contributed by atoms with Crippen LogP contribution < -0.4 is 14.8 Å². The van der Waals surface area contributed by atoms with E-state index in [0.717, 1.165) is 6.42 Å². The lowest BCUT2D eigenvalue weighted by molar-refractivity contribution is -0.147. The summed E-state index contributed by atoms with van der Waals surface area (Å²) in [5.74, 6) is -0.259. The van der Waals surface area contributed by atoms with E-state index in [-0.39, 0.29) is 18.6 Å². The second-order valence-electron chi connectivity index (χ2n) is 6.35. The summed E-state index contributed by atoms with van der Waals surface area (Å²) in [7, 11) is 1.46. The molecule has 2 rings (SSSR count). The van der Waals surface area contributed by atoms with E-state index in [1.165, 1.54) is 13.2 Å². The highest BCUT2D eigenvalue weighted by Crippen LogP contribution is 2.27. The maximum absolute atomic E-state index is 12.2. The van der Waals surface area contributed by atoms with Gasteiger partial charge in [0.05, 0.1) is 25.8 Å². The number of ketones is 1. The number of nitrogens with one attached hydrogen (secondary N) is 1. The third-order valence-electron chi connectivity index (χ3n) is 4.01. The quantitative estimate of drug-likeness (QED) is 0.420. The van der Waals surface area contributed by atoms with Crippen LogP contribution in [0.25, 0.3) is 0 Å². The van der Waals surface area contributed by atoms with Gasteiger partial charge in [-0.05, 0) is 48.9 Å². The van der Waals surface area contributed by atoms with Crippen LogP contribution in [0.4, 0.5) is 5.69 Å². The zero-order valence-corrected chi connectivity index (χ0v) is 17.7. The highest BCUT2D eigenvalue weighted by atomic mass is 35.5. The SMILES string of the molecule is CCCOc1ccc(C(=O)CCC(=O)OCC(=O)Nc2cc(Cl)ccc2OC)cc1. The Morgan fingerprint density at radius 2 is 1.77 bits per heavy atom. The number of rotatable bonds is 11. The molecule has 8 heteroatoms. The Bertz CT molecular complexity index is 882. The van der Waals surface area contributed by atoms with Crippen molar-refractivity contribution in [3.8, 4) is 11.5 Å². The minimum atomic E-state index is -0.639. The molecular weight excluding hydrogens is 410 g/mol. The lowest BCUT2D eigenvalue weighted by atomic mass is 10.1. The molecule has 0 unspecified atom stereocenters. The van der Waals surface area contributed by atoms with E-state index in [0.29, 0.717) is 34.4 Å². The van der Waals surface area contributed by atoms with Crippen molar-refractivity contribution in [1.29, 1.82) is 0 Å². The molecule has 0 aliphatic heterocycles. The average molecular weight is 434 g/mol. The van der Waals surface area contributed by atoms with Crippen LogP contribution in [0.5, 0.6) is 11.5 Å². The summed E-state index contributed by atoms with van der Waals surface area (Å²) in [6.45, 7) is 2.14. The van der Waals surface area contributed by atoms with Crippen molar-refractivity contribution in [2.45, 2.75) is 26.2 Å². The van der Waals surface area contributed by atoms with Crippen LogP contribution in [-0.2, 0) is 14.3 Å². The molecule has 1 N–H and O–H groups in total. The predicted molar refractivity (Wildman–Crippen MR) is 113 cm³/mol. The van der Waals surface area contributed by atoms with E-state index in [9.17, 15) is 14.4 Å². The Morgan fingerprint density at radius 3 is 2.43 bits per heavy atom. The number of anilines is 1. The van der Waals surface area contributed by atoms with E-state index in [2.05, 4.69) is 5.32 Å². The van der Waals surface area contributed by atoms with Gasteiger partial charge in [0, 0.05) is 17.0 Å². The Hall–Kier alpha value is -3.06. The summed E-state index contributed by atoms with van der Waals surface area (Å²) in [6, 6.07) is 11.5. The second-order valence-corrected chi connectivity index (χ2v) is 6.79. The number of methoxy groups -OCH3 is 1. The standard InChI is InChI=1S/C22H24ClNO6/c1-3-12-29-17-7-4-15(5-8-17)19(25)9-11-22(27)30-14-21(26)24-18-13-16(23)6-10-20(18)28-2/h4-8,10,13H,3,9,11-12,14H2,1-2H3,(H,24,26). The van der Waals surface area contributed by atoms with Crippen molar-refractivity contribution < 1.29 is 28.6 Å². The van der Waals surface area contributed by atoms with Gasteiger partial charge in [-0.3, -0.25) is 14.4 Å². The first-order chi connectivity index (χ1) is 14.4.